The van der Waals surface area contributed by atoms with Crippen LogP contribution in [0.25, 0.3) is 0 Å². The van der Waals surface area contributed by atoms with Crippen molar-refractivity contribution in [2.75, 3.05) is 46.9 Å². The van der Waals surface area contributed by atoms with E-state index in [1.807, 2.05) is 9.80 Å². The number of urea groups is 1. The molecule has 0 saturated carbocycles. The second-order valence-corrected chi connectivity index (χ2v) is 6.32. The van der Waals surface area contributed by atoms with Gasteiger partial charge in [0.05, 0.1) is 12.7 Å². The highest BCUT2D eigenvalue weighted by Crippen LogP contribution is 2.35. The van der Waals surface area contributed by atoms with Gasteiger partial charge in [-0.25, -0.2) is 4.79 Å². The van der Waals surface area contributed by atoms with Crippen molar-refractivity contribution >= 4 is 11.9 Å². The van der Waals surface area contributed by atoms with Crippen LogP contribution in [0.2, 0.25) is 0 Å². The van der Waals surface area contributed by atoms with Gasteiger partial charge in [0.15, 0.2) is 0 Å². The number of carbonyl (C=O) groups excluding carboxylic acids is 2. The zero-order chi connectivity index (χ0) is 14.3. The van der Waals surface area contributed by atoms with Crippen LogP contribution in [0.4, 0.5) is 4.79 Å². The fourth-order valence-electron chi connectivity index (χ4n) is 3.61. The first kappa shape index (κ1) is 13.7. The second kappa shape index (κ2) is 5.24. The van der Waals surface area contributed by atoms with Crippen molar-refractivity contribution in [1.82, 2.24) is 14.7 Å². The van der Waals surface area contributed by atoms with E-state index in [-0.39, 0.29) is 18.0 Å². The predicted octanol–water partition coefficient (Wildman–Crippen LogP) is 0.237. The van der Waals surface area contributed by atoms with Crippen molar-refractivity contribution in [2.24, 2.45) is 11.8 Å². The quantitative estimate of drug-likeness (QED) is 0.728. The molecule has 0 aromatic carbocycles. The minimum absolute atomic E-state index is 0.0546. The molecule has 0 unspecified atom stereocenters. The lowest BCUT2D eigenvalue weighted by atomic mass is 9.93. The van der Waals surface area contributed by atoms with Gasteiger partial charge in [-0.05, 0) is 6.42 Å². The molecule has 3 heterocycles. The SMILES string of the molecule is CN(C)C(=O)N1C[C@@H]2[C@H](CN3CCCC3=O)CO[C@@H]2C1. The Hall–Kier alpha value is -1.30. The molecule has 0 spiro atoms. The first-order valence-electron chi connectivity index (χ1n) is 7.42. The number of nitrogens with zero attached hydrogens (tertiary/aromatic N) is 3. The lowest BCUT2D eigenvalue weighted by molar-refractivity contribution is -0.128. The van der Waals surface area contributed by atoms with E-state index in [0.29, 0.717) is 24.8 Å². The van der Waals surface area contributed by atoms with Gasteiger partial charge in [-0.3, -0.25) is 4.79 Å². The van der Waals surface area contributed by atoms with Gasteiger partial charge in [0.1, 0.15) is 0 Å². The summed E-state index contributed by atoms with van der Waals surface area (Å²) in [6.07, 6.45) is 1.82. The summed E-state index contributed by atoms with van der Waals surface area (Å²) < 4.78 is 5.84. The second-order valence-electron chi connectivity index (χ2n) is 6.32. The predicted molar refractivity (Wildman–Crippen MR) is 73.2 cm³/mol. The Balaban J connectivity index is 1.60. The molecular weight excluding hydrogens is 258 g/mol. The van der Waals surface area contributed by atoms with Crippen LogP contribution in [-0.2, 0) is 9.53 Å². The monoisotopic (exact) mass is 281 g/mol. The number of hydrogen-bond donors (Lipinski definition) is 0. The number of rotatable bonds is 2. The van der Waals surface area contributed by atoms with E-state index in [1.54, 1.807) is 19.0 Å². The van der Waals surface area contributed by atoms with E-state index in [1.165, 1.54) is 0 Å². The van der Waals surface area contributed by atoms with Crippen molar-refractivity contribution in [2.45, 2.75) is 18.9 Å². The third kappa shape index (κ3) is 2.37. The van der Waals surface area contributed by atoms with E-state index in [0.717, 1.165) is 32.7 Å². The zero-order valence-electron chi connectivity index (χ0n) is 12.2. The van der Waals surface area contributed by atoms with Crippen molar-refractivity contribution in [1.29, 1.82) is 0 Å². The molecule has 0 aliphatic carbocycles. The number of hydrogen-bond acceptors (Lipinski definition) is 3. The van der Waals surface area contributed by atoms with Crippen molar-refractivity contribution < 1.29 is 14.3 Å². The molecule has 3 atom stereocenters. The first-order valence-corrected chi connectivity index (χ1v) is 7.42. The number of fused-ring (bicyclic) bond motifs is 1. The third-order valence-corrected chi connectivity index (χ3v) is 4.72. The van der Waals surface area contributed by atoms with Gasteiger partial charge in [-0.15, -0.1) is 0 Å². The number of likely N-dealkylation sites (tertiary alicyclic amines) is 2. The molecule has 6 heteroatoms. The highest BCUT2D eigenvalue weighted by molar-refractivity contribution is 5.78. The van der Waals surface area contributed by atoms with Crippen LogP contribution < -0.4 is 0 Å². The van der Waals surface area contributed by atoms with Crippen LogP contribution in [0, 0.1) is 11.8 Å². The van der Waals surface area contributed by atoms with Crippen LogP contribution in [0.3, 0.4) is 0 Å². The number of carbonyl (C=O) groups is 2. The van der Waals surface area contributed by atoms with Gasteiger partial charge >= 0.3 is 6.03 Å². The molecule has 20 heavy (non-hydrogen) atoms. The van der Waals surface area contributed by atoms with Crippen LogP contribution >= 0.6 is 0 Å². The molecule has 3 aliphatic rings. The Morgan fingerprint density at radius 3 is 2.85 bits per heavy atom. The summed E-state index contributed by atoms with van der Waals surface area (Å²) in [5.41, 5.74) is 0. The first-order chi connectivity index (χ1) is 9.56. The Morgan fingerprint density at radius 1 is 1.40 bits per heavy atom. The van der Waals surface area contributed by atoms with E-state index < -0.39 is 0 Å². The molecule has 0 aromatic rings. The molecule has 3 aliphatic heterocycles. The van der Waals surface area contributed by atoms with Crippen LogP contribution in [0.1, 0.15) is 12.8 Å². The third-order valence-electron chi connectivity index (χ3n) is 4.72. The minimum atomic E-state index is 0.0546. The normalized spacial score (nSPS) is 32.9. The molecule has 3 fully saturated rings. The Labute approximate surface area is 119 Å². The summed E-state index contributed by atoms with van der Waals surface area (Å²) in [5, 5.41) is 0. The molecule has 0 radical (unpaired) electrons. The summed E-state index contributed by atoms with van der Waals surface area (Å²) in [6, 6.07) is 0.0546. The highest BCUT2D eigenvalue weighted by Gasteiger charge is 2.46. The van der Waals surface area contributed by atoms with Crippen LogP contribution in [0.5, 0.6) is 0 Å². The fourth-order valence-corrected chi connectivity index (χ4v) is 3.61. The Morgan fingerprint density at radius 2 is 2.20 bits per heavy atom. The van der Waals surface area contributed by atoms with Gasteiger partial charge in [0.2, 0.25) is 5.91 Å². The summed E-state index contributed by atoms with van der Waals surface area (Å²) >= 11 is 0. The van der Waals surface area contributed by atoms with Crippen molar-refractivity contribution in [3.8, 4) is 0 Å². The average Bonchev–Trinajstić information content (AvgIpc) is 3.07. The maximum atomic E-state index is 12.0. The van der Waals surface area contributed by atoms with Crippen LogP contribution in [-0.4, -0.2) is 79.6 Å². The van der Waals surface area contributed by atoms with E-state index in [2.05, 4.69) is 0 Å². The standard InChI is InChI=1S/C14H23N3O3/c1-15(2)14(19)17-7-11-10(9-20-12(11)8-17)6-16-5-3-4-13(16)18/h10-12H,3-9H2,1-2H3/t10-,11-,12-/m1/s1. The highest BCUT2D eigenvalue weighted by atomic mass is 16.5. The lowest BCUT2D eigenvalue weighted by Gasteiger charge is -2.25. The van der Waals surface area contributed by atoms with Gasteiger partial charge in [0.25, 0.3) is 0 Å². The maximum Gasteiger partial charge on any atom is 0.319 e. The summed E-state index contributed by atoms with van der Waals surface area (Å²) in [7, 11) is 3.55. The molecular formula is C14H23N3O3. The molecule has 3 amide bonds. The minimum Gasteiger partial charge on any atom is -0.376 e. The molecule has 3 saturated heterocycles. The zero-order valence-corrected chi connectivity index (χ0v) is 12.2. The van der Waals surface area contributed by atoms with E-state index in [4.69, 9.17) is 4.74 Å². The summed E-state index contributed by atoms with van der Waals surface area (Å²) in [4.78, 5) is 29.2. The number of ether oxygens (including phenoxy) is 1. The molecule has 3 rings (SSSR count). The topological polar surface area (TPSA) is 53.1 Å². The van der Waals surface area contributed by atoms with Gasteiger partial charge in [-0.2, -0.15) is 0 Å². The molecule has 112 valence electrons. The molecule has 0 N–H and O–H groups in total. The lowest BCUT2D eigenvalue weighted by Crippen LogP contribution is -2.40. The Bertz CT molecular complexity index is 412. The Kier molecular flexibility index (Phi) is 3.58. The van der Waals surface area contributed by atoms with E-state index >= 15 is 0 Å². The molecule has 6 nitrogen and oxygen atoms in total. The summed E-state index contributed by atoms with van der Waals surface area (Å²) in [6.45, 7) is 3.85. The fraction of sp³-hybridized carbons (Fsp3) is 0.857. The largest absolute Gasteiger partial charge is 0.376 e. The van der Waals surface area contributed by atoms with Crippen LogP contribution in [0.15, 0.2) is 0 Å². The summed E-state index contributed by atoms with van der Waals surface area (Å²) in [5.74, 6) is 1.03. The van der Waals surface area contributed by atoms with Gasteiger partial charge in [0, 0.05) is 58.5 Å². The number of amides is 3. The van der Waals surface area contributed by atoms with E-state index in [9.17, 15) is 9.59 Å². The molecule has 0 aromatic heterocycles. The smallest absolute Gasteiger partial charge is 0.319 e. The van der Waals surface area contributed by atoms with Crippen molar-refractivity contribution in [3.63, 3.8) is 0 Å². The van der Waals surface area contributed by atoms with Crippen molar-refractivity contribution in [3.05, 3.63) is 0 Å². The van der Waals surface area contributed by atoms with Gasteiger partial charge in [-0.1, -0.05) is 0 Å². The molecule has 0 bridgehead atoms. The maximum absolute atomic E-state index is 12.0. The average molecular weight is 281 g/mol. The van der Waals surface area contributed by atoms with Gasteiger partial charge < -0.3 is 19.4 Å².